The minimum Gasteiger partial charge on any atom is -0.366 e. The van der Waals surface area contributed by atoms with Crippen LogP contribution in [0, 0.1) is 0 Å². The van der Waals surface area contributed by atoms with Crippen molar-refractivity contribution in [3.8, 4) is 0 Å². The number of nitrogens with one attached hydrogen (secondary N) is 1. The average Bonchev–Trinajstić information content (AvgIpc) is 2.55. The van der Waals surface area contributed by atoms with Gasteiger partial charge in [0.2, 0.25) is 15.9 Å². The number of carbonyl (C=O) groups excluding carboxylic acids is 2. The number of carbonyl (C=O) groups is 2. The van der Waals surface area contributed by atoms with Gasteiger partial charge in [-0.05, 0) is 43.3 Å². The van der Waals surface area contributed by atoms with Crippen molar-refractivity contribution in [3.63, 3.8) is 0 Å². The number of primary amides is 1. The maximum Gasteiger partial charge on any atom is 0.250 e. The van der Waals surface area contributed by atoms with Gasteiger partial charge in [0.1, 0.15) is 6.04 Å². The Balaban J connectivity index is 2.34. The Morgan fingerprint density at radius 1 is 1.12 bits per heavy atom. The lowest BCUT2D eigenvalue weighted by atomic mass is 10.1. The predicted octanol–water partition coefficient (Wildman–Crippen LogP) is 2.23. The van der Waals surface area contributed by atoms with Crippen LogP contribution in [-0.2, 0) is 14.8 Å². The van der Waals surface area contributed by atoms with Crippen LogP contribution in [0.2, 0.25) is 5.02 Å². The molecule has 7 nitrogen and oxygen atoms in total. The Labute approximate surface area is 156 Å². The monoisotopic (exact) mass is 395 g/mol. The van der Waals surface area contributed by atoms with Crippen molar-refractivity contribution in [2.45, 2.75) is 13.0 Å². The maximum absolute atomic E-state index is 12.6. The van der Waals surface area contributed by atoms with Gasteiger partial charge >= 0.3 is 0 Å². The van der Waals surface area contributed by atoms with Crippen LogP contribution in [0.4, 0.5) is 11.4 Å². The predicted molar refractivity (Wildman–Crippen MR) is 102 cm³/mol. The van der Waals surface area contributed by atoms with Crippen molar-refractivity contribution in [3.05, 3.63) is 59.1 Å². The molecule has 2 rings (SSSR count). The number of hydrogen-bond donors (Lipinski definition) is 2. The van der Waals surface area contributed by atoms with Crippen LogP contribution < -0.4 is 15.4 Å². The van der Waals surface area contributed by atoms with Gasteiger partial charge < -0.3 is 11.1 Å². The summed E-state index contributed by atoms with van der Waals surface area (Å²) in [6.45, 7) is 1.44. The molecule has 26 heavy (non-hydrogen) atoms. The molecular formula is C17H18ClN3O4S. The first kappa shape index (κ1) is 19.7. The smallest absolute Gasteiger partial charge is 0.250 e. The zero-order valence-electron chi connectivity index (χ0n) is 14.1. The van der Waals surface area contributed by atoms with Gasteiger partial charge in [0.05, 0.1) is 23.2 Å². The van der Waals surface area contributed by atoms with Crippen molar-refractivity contribution < 1.29 is 18.0 Å². The minimum absolute atomic E-state index is 0.130. The van der Waals surface area contributed by atoms with E-state index in [0.29, 0.717) is 10.7 Å². The quantitative estimate of drug-likeness (QED) is 0.781. The fourth-order valence-corrected chi connectivity index (χ4v) is 3.74. The summed E-state index contributed by atoms with van der Waals surface area (Å²) in [5.41, 5.74) is 5.93. The largest absolute Gasteiger partial charge is 0.366 e. The van der Waals surface area contributed by atoms with Crippen LogP contribution in [-0.4, -0.2) is 32.5 Å². The fraction of sp³-hybridized carbons (Fsp3) is 0.176. The molecule has 138 valence electrons. The second-order valence-electron chi connectivity index (χ2n) is 5.61. The van der Waals surface area contributed by atoms with E-state index in [1.54, 1.807) is 12.1 Å². The van der Waals surface area contributed by atoms with Crippen LogP contribution >= 0.6 is 11.6 Å². The van der Waals surface area contributed by atoms with Gasteiger partial charge in [0.25, 0.3) is 5.91 Å². The molecular weight excluding hydrogens is 378 g/mol. The Morgan fingerprint density at radius 3 is 2.23 bits per heavy atom. The summed E-state index contributed by atoms with van der Waals surface area (Å²) in [7, 11) is -3.76. The Kier molecular flexibility index (Phi) is 5.89. The highest BCUT2D eigenvalue weighted by atomic mass is 35.5. The SMILES string of the molecule is C[C@H](C(=O)Nc1ccccc1C(N)=O)N(c1ccc(Cl)cc1)S(C)(=O)=O. The molecule has 0 saturated carbocycles. The second kappa shape index (κ2) is 7.76. The summed E-state index contributed by atoms with van der Waals surface area (Å²) in [6.07, 6.45) is 1.00. The lowest BCUT2D eigenvalue weighted by Crippen LogP contribution is -2.45. The number of nitrogens with zero attached hydrogens (tertiary/aromatic N) is 1. The molecule has 0 heterocycles. The second-order valence-corrected chi connectivity index (χ2v) is 7.91. The average molecular weight is 396 g/mol. The Hall–Kier alpha value is -2.58. The van der Waals surface area contributed by atoms with Gasteiger partial charge in [0, 0.05) is 5.02 Å². The molecule has 0 aliphatic carbocycles. The number of amides is 2. The number of nitrogens with two attached hydrogens (primary N) is 1. The van der Waals surface area contributed by atoms with E-state index in [4.69, 9.17) is 17.3 Å². The lowest BCUT2D eigenvalue weighted by Gasteiger charge is -2.28. The number of anilines is 2. The molecule has 0 aromatic heterocycles. The molecule has 0 fully saturated rings. The minimum atomic E-state index is -3.76. The normalized spacial score (nSPS) is 12.3. The molecule has 0 aliphatic rings. The van der Waals surface area contributed by atoms with Crippen molar-refractivity contribution in [2.75, 3.05) is 15.9 Å². The summed E-state index contributed by atoms with van der Waals surface area (Å²) in [5.74, 6) is -1.31. The molecule has 3 N–H and O–H groups in total. The third-order valence-corrected chi connectivity index (χ3v) is 5.11. The van der Waals surface area contributed by atoms with Crippen LogP contribution in [0.1, 0.15) is 17.3 Å². The van der Waals surface area contributed by atoms with E-state index in [-0.39, 0.29) is 11.3 Å². The standard InChI is InChI=1S/C17H18ClN3O4S/c1-11(17(23)20-15-6-4-3-5-14(15)16(19)22)21(26(2,24)25)13-9-7-12(18)8-10-13/h3-11H,1-2H3,(H2,19,22)(H,20,23)/t11-/m1/s1. The Bertz CT molecular complexity index is 929. The molecule has 1 atom stereocenters. The highest BCUT2D eigenvalue weighted by Gasteiger charge is 2.29. The molecule has 2 amide bonds. The summed E-state index contributed by atoms with van der Waals surface area (Å²) in [6, 6.07) is 11.2. The van der Waals surface area contributed by atoms with Crippen LogP contribution in [0.25, 0.3) is 0 Å². The van der Waals surface area contributed by atoms with Crippen LogP contribution in [0.5, 0.6) is 0 Å². The van der Waals surface area contributed by atoms with Crippen LogP contribution in [0.15, 0.2) is 48.5 Å². The zero-order valence-corrected chi connectivity index (χ0v) is 15.7. The number of para-hydroxylation sites is 1. The van der Waals surface area contributed by atoms with E-state index in [1.807, 2.05) is 0 Å². The third-order valence-electron chi connectivity index (χ3n) is 3.62. The van der Waals surface area contributed by atoms with E-state index < -0.39 is 27.9 Å². The summed E-state index contributed by atoms with van der Waals surface area (Å²) >= 11 is 5.84. The zero-order chi connectivity index (χ0) is 19.5. The first-order valence-corrected chi connectivity index (χ1v) is 9.78. The van der Waals surface area contributed by atoms with E-state index in [1.165, 1.54) is 43.3 Å². The van der Waals surface area contributed by atoms with E-state index >= 15 is 0 Å². The number of benzene rings is 2. The molecule has 0 unspecified atom stereocenters. The van der Waals surface area contributed by atoms with Crippen molar-refractivity contribution >= 4 is 44.8 Å². The molecule has 0 saturated heterocycles. The summed E-state index contributed by atoms with van der Waals surface area (Å²) in [5, 5.41) is 2.99. The molecule has 0 bridgehead atoms. The Morgan fingerprint density at radius 2 is 1.69 bits per heavy atom. The third kappa shape index (κ3) is 4.53. The molecule has 0 aliphatic heterocycles. The number of halogens is 1. The summed E-state index contributed by atoms with van der Waals surface area (Å²) in [4.78, 5) is 24.1. The number of sulfonamides is 1. The van der Waals surface area contributed by atoms with Gasteiger partial charge in [-0.15, -0.1) is 0 Å². The highest BCUT2D eigenvalue weighted by Crippen LogP contribution is 2.24. The van der Waals surface area contributed by atoms with Gasteiger partial charge in [-0.25, -0.2) is 8.42 Å². The van der Waals surface area contributed by atoms with E-state index in [9.17, 15) is 18.0 Å². The van der Waals surface area contributed by atoms with Crippen molar-refractivity contribution in [1.82, 2.24) is 0 Å². The lowest BCUT2D eigenvalue weighted by molar-refractivity contribution is -0.116. The van der Waals surface area contributed by atoms with Crippen LogP contribution in [0.3, 0.4) is 0 Å². The topological polar surface area (TPSA) is 110 Å². The first-order valence-electron chi connectivity index (χ1n) is 7.56. The molecule has 0 spiro atoms. The number of hydrogen-bond acceptors (Lipinski definition) is 4. The molecule has 2 aromatic rings. The number of rotatable bonds is 6. The van der Waals surface area contributed by atoms with Gasteiger partial charge in [-0.3, -0.25) is 13.9 Å². The van der Waals surface area contributed by atoms with Gasteiger partial charge in [-0.1, -0.05) is 23.7 Å². The fourth-order valence-electron chi connectivity index (χ4n) is 2.44. The van der Waals surface area contributed by atoms with Gasteiger partial charge in [0.15, 0.2) is 0 Å². The molecule has 0 radical (unpaired) electrons. The molecule has 2 aromatic carbocycles. The summed E-state index contributed by atoms with van der Waals surface area (Å²) < 4.78 is 25.4. The van der Waals surface area contributed by atoms with Gasteiger partial charge in [-0.2, -0.15) is 0 Å². The van der Waals surface area contributed by atoms with E-state index in [2.05, 4.69) is 5.32 Å². The maximum atomic E-state index is 12.6. The van der Waals surface area contributed by atoms with Crippen molar-refractivity contribution in [1.29, 1.82) is 0 Å². The van der Waals surface area contributed by atoms with E-state index in [0.717, 1.165) is 10.6 Å². The molecule has 9 heteroatoms. The highest BCUT2D eigenvalue weighted by molar-refractivity contribution is 7.92. The first-order chi connectivity index (χ1) is 12.1. The van der Waals surface area contributed by atoms with Crippen molar-refractivity contribution in [2.24, 2.45) is 5.73 Å².